The zero-order valence-electron chi connectivity index (χ0n) is 9.15. The molecular weight excluding hydrogens is 186 g/mol. The second kappa shape index (κ2) is 4.47. The maximum Gasteiger partial charge on any atom is 0.155 e. The summed E-state index contributed by atoms with van der Waals surface area (Å²) in [6, 6.07) is 10.1. The van der Waals surface area contributed by atoms with E-state index in [1.807, 2.05) is 18.2 Å². The first-order chi connectivity index (χ1) is 7.31. The van der Waals surface area contributed by atoms with Crippen molar-refractivity contribution in [2.24, 2.45) is 5.92 Å². The molecule has 1 aromatic rings. The molecule has 0 atom stereocenters. The lowest BCUT2D eigenvalue weighted by Crippen LogP contribution is -2.30. The van der Waals surface area contributed by atoms with E-state index >= 15 is 0 Å². The molecule has 0 heterocycles. The fraction of sp³-hybridized carbons (Fsp3) is 0.462. The summed E-state index contributed by atoms with van der Waals surface area (Å²) in [6.07, 6.45) is 2.20. The van der Waals surface area contributed by atoms with Crippen LogP contribution in [0.25, 0.3) is 0 Å². The Morgan fingerprint density at radius 2 is 2.00 bits per heavy atom. The summed E-state index contributed by atoms with van der Waals surface area (Å²) in [4.78, 5) is 13.8. The second-order valence-corrected chi connectivity index (χ2v) is 4.09. The van der Waals surface area contributed by atoms with Crippen molar-refractivity contribution >= 4 is 11.5 Å². The van der Waals surface area contributed by atoms with Crippen molar-refractivity contribution in [3.63, 3.8) is 0 Å². The first kappa shape index (κ1) is 10.2. The van der Waals surface area contributed by atoms with Crippen LogP contribution < -0.4 is 4.90 Å². The standard InChI is InChI=1S/C13H17NO/c1-2-14(10-13(15)11-8-9-11)12-6-4-3-5-7-12/h3-7,11H,2,8-10H2,1H3. The summed E-state index contributed by atoms with van der Waals surface area (Å²) in [5, 5.41) is 0. The lowest BCUT2D eigenvalue weighted by atomic mass is 10.2. The molecule has 0 spiro atoms. The molecule has 2 heteroatoms. The molecule has 15 heavy (non-hydrogen) atoms. The zero-order valence-corrected chi connectivity index (χ0v) is 9.15. The number of carbonyl (C=O) groups excluding carboxylic acids is 1. The van der Waals surface area contributed by atoms with E-state index in [1.165, 1.54) is 0 Å². The van der Waals surface area contributed by atoms with Gasteiger partial charge in [-0.2, -0.15) is 0 Å². The average Bonchev–Trinajstić information content (AvgIpc) is 3.10. The molecule has 1 aliphatic rings. The summed E-state index contributed by atoms with van der Waals surface area (Å²) in [6.45, 7) is 3.56. The molecule has 1 fully saturated rings. The van der Waals surface area contributed by atoms with Crippen molar-refractivity contribution in [1.29, 1.82) is 0 Å². The number of anilines is 1. The van der Waals surface area contributed by atoms with Gasteiger partial charge >= 0.3 is 0 Å². The number of carbonyl (C=O) groups is 1. The predicted octanol–water partition coefficient (Wildman–Crippen LogP) is 2.49. The van der Waals surface area contributed by atoms with Crippen molar-refractivity contribution in [3.05, 3.63) is 30.3 Å². The van der Waals surface area contributed by atoms with Crippen LogP contribution in [-0.2, 0) is 4.79 Å². The molecule has 0 unspecified atom stereocenters. The second-order valence-electron chi connectivity index (χ2n) is 4.09. The molecule has 0 bridgehead atoms. The van der Waals surface area contributed by atoms with Gasteiger partial charge in [-0.25, -0.2) is 0 Å². The lowest BCUT2D eigenvalue weighted by molar-refractivity contribution is -0.118. The highest BCUT2D eigenvalue weighted by atomic mass is 16.1. The summed E-state index contributed by atoms with van der Waals surface area (Å²) >= 11 is 0. The maximum atomic E-state index is 11.7. The van der Waals surface area contributed by atoms with Crippen LogP contribution in [0.5, 0.6) is 0 Å². The molecule has 2 rings (SSSR count). The van der Waals surface area contributed by atoms with Gasteiger partial charge in [0.1, 0.15) is 0 Å². The Morgan fingerprint density at radius 3 is 2.53 bits per heavy atom. The highest BCUT2D eigenvalue weighted by molar-refractivity contribution is 5.87. The smallest absolute Gasteiger partial charge is 0.155 e. The van der Waals surface area contributed by atoms with Crippen molar-refractivity contribution in [1.82, 2.24) is 0 Å². The first-order valence-corrected chi connectivity index (χ1v) is 5.64. The summed E-state index contributed by atoms with van der Waals surface area (Å²) < 4.78 is 0. The van der Waals surface area contributed by atoms with Crippen LogP contribution in [0.2, 0.25) is 0 Å². The quantitative estimate of drug-likeness (QED) is 0.732. The topological polar surface area (TPSA) is 20.3 Å². The van der Waals surface area contributed by atoms with E-state index in [0.717, 1.165) is 25.1 Å². The highest BCUT2D eigenvalue weighted by Crippen LogP contribution is 2.30. The normalized spacial score (nSPS) is 15.0. The lowest BCUT2D eigenvalue weighted by Gasteiger charge is -2.22. The van der Waals surface area contributed by atoms with Gasteiger partial charge in [0.25, 0.3) is 0 Å². The van der Waals surface area contributed by atoms with Gasteiger partial charge in [0, 0.05) is 18.2 Å². The van der Waals surface area contributed by atoms with E-state index in [0.29, 0.717) is 18.2 Å². The Morgan fingerprint density at radius 1 is 1.33 bits per heavy atom. The molecular formula is C13H17NO. The molecule has 80 valence electrons. The minimum Gasteiger partial charge on any atom is -0.364 e. The van der Waals surface area contributed by atoms with Crippen molar-refractivity contribution in [2.75, 3.05) is 18.0 Å². The number of nitrogens with zero attached hydrogens (tertiary/aromatic N) is 1. The van der Waals surface area contributed by atoms with Crippen LogP contribution in [0, 0.1) is 5.92 Å². The molecule has 1 aromatic carbocycles. The average molecular weight is 203 g/mol. The fourth-order valence-corrected chi connectivity index (χ4v) is 1.75. The van der Waals surface area contributed by atoms with Crippen molar-refractivity contribution in [2.45, 2.75) is 19.8 Å². The van der Waals surface area contributed by atoms with E-state index < -0.39 is 0 Å². The molecule has 0 radical (unpaired) electrons. The van der Waals surface area contributed by atoms with Crippen LogP contribution in [0.3, 0.4) is 0 Å². The maximum absolute atomic E-state index is 11.7. The molecule has 1 saturated carbocycles. The number of hydrogen-bond donors (Lipinski definition) is 0. The Hall–Kier alpha value is -1.31. The Kier molecular flexibility index (Phi) is 3.05. The van der Waals surface area contributed by atoms with Gasteiger partial charge in [-0.05, 0) is 31.9 Å². The SMILES string of the molecule is CCN(CC(=O)C1CC1)c1ccccc1. The summed E-state index contributed by atoms with van der Waals surface area (Å²) in [5.41, 5.74) is 1.15. The van der Waals surface area contributed by atoms with Gasteiger partial charge in [-0.3, -0.25) is 4.79 Å². The molecule has 2 nitrogen and oxygen atoms in total. The molecule has 0 N–H and O–H groups in total. The van der Waals surface area contributed by atoms with Crippen LogP contribution in [0.1, 0.15) is 19.8 Å². The number of likely N-dealkylation sites (N-methyl/N-ethyl adjacent to an activating group) is 1. The van der Waals surface area contributed by atoms with Gasteiger partial charge in [0.15, 0.2) is 5.78 Å². The van der Waals surface area contributed by atoms with Crippen LogP contribution >= 0.6 is 0 Å². The number of para-hydroxylation sites is 1. The van der Waals surface area contributed by atoms with Crippen molar-refractivity contribution < 1.29 is 4.79 Å². The summed E-state index contributed by atoms with van der Waals surface area (Å²) in [5.74, 6) is 0.767. The third-order valence-corrected chi connectivity index (χ3v) is 2.88. The number of Topliss-reactive ketones (excluding diaryl/α,β-unsaturated/α-hetero) is 1. The van der Waals surface area contributed by atoms with E-state index in [1.54, 1.807) is 0 Å². The third kappa shape index (κ3) is 2.58. The Balaban J connectivity index is 2.00. The van der Waals surface area contributed by atoms with Gasteiger partial charge in [0.05, 0.1) is 6.54 Å². The number of hydrogen-bond acceptors (Lipinski definition) is 2. The minimum absolute atomic E-state index is 0.364. The van der Waals surface area contributed by atoms with E-state index in [9.17, 15) is 4.79 Å². The Labute approximate surface area is 90.9 Å². The number of rotatable bonds is 5. The van der Waals surface area contributed by atoms with Gasteiger partial charge in [-0.1, -0.05) is 18.2 Å². The van der Waals surface area contributed by atoms with Crippen LogP contribution in [-0.4, -0.2) is 18.9 Å². The molecule has 1 aliphatic carbocycles. The minimum atomic E-state index is 0.364. The highest BCUT2D eigenvalue weighted by Gasteiger charge is 2.30. The molecule has 0 aromatic heterocycles. The number of ketones is 1. The fourth-order valence-electron chi connectivity index (χ4n) is 1.75. The Bertz CT molecular complexity index is 330. The number of benzene rings is 1. The van der Waals surface area contributed by atoms with E-state index in [4.69, 9.17) is 0 Å². The summed E-state index contributed by atoms with van der Waals surface area (Å²) in [7, 11) is 0. The van der Waals surface area contributed by atoms with Crippen LogP contribution in [0.4, 0.5) is 5.69 Å². The predicted molar refractivity (Wildman–Crippen MR) is 62.1 cm³/mol. The monoisotopic (exact) mass is 203 g/mol. The third-order valence-electron chi connectivity index (χ3n) is 2.88. The van der Waals surface area contributed by atoms with Crippen molar-refractivity contribution in [3.8, 4) is 0 Å². The first-order valence-electron chi connectivity index (χ1n) is 5.64. The van der Waals surface area contributed by atoms with Crippen LogP contribution in [0.15, 0.2) is 30.3 Å². The molecule has 0 aliphatic heterocycles. The molecule has 0 amide bonds. The van der Waals surface area contributed by atoms with Gasteiger partial charge in [0.2, 0.25) is 0 Å². The largest absolute Gasteiger partial charge is 0.364 e. The van der Waals surface area contributed by atoms with Gasteiger partial charge < -0.3 is 4.90 Å². The van der Waals surface area contributed by atoms with E-state index in [-0.39, 0.29) is 0 Å². The van der Waals surface area contributed by atoms with Gasteiger partial charge in [-0.15, -0.1) is 0 Å². The zero-order chi connectivity index (χ0) is 10.7. The molecule has 0 saturated heterocycles. The van der Waals surface area contributed by atoms with E-state index in [2.05, 4.69) is 24.0 Å².